The summed E-state index contributed by atoms with van der Waals surface area (Å²) in [6.07, 6.45) is 2.21. The Hall–Kier alpha value is -0.730. The van der Waals surface area contributed by atoms with Gasteiger partial charge in [0.25, 0.3) is 0 Å². The normalized spacial score (nSPS) is 20.1. The van der Waals surface area contributed by atoms with E-state index in [0.717, 1.165) is 6.54 Å². The van der Waals surface area contributed by atoms with Crippen molar-refractivity contribution in [2.75, 3.05) is 13.6 Å². The molecule has 0 aliphatic heterocycles. The van der Waals surface area contributed by atoms with Crippen molar-refractivity contribution in [2.45, 2.75) is 53.1 Å². The first-order valence-electron chi connectivity index (χ1n) is 6.03. The molecule has 16 heavy (non-hydrogen) atoms. The van der Waals surface area contributed by atoms with Crippen LogP contribution < -0.4 is 0 Å². The fourth-order valence-electron chi connectivity index (χ4n) is 2.43. The van der Waals surface area contributed by atoms with Crippen molar-refractivity contribution in [3.8, 4) is 0 Å². The summed E-state index contributed by atoms with van der Waals surface area (Å²) in [5.41, 5.74) is 0.0731. The number of hydrogen-bond acceptors (Lipinski definition) is 2. The van der Waals surface area contributed by atoms with Gasteiger partial charge in [-0.05, 0) is 44.9 Å². The standard InChI is InChI=1S/C13H25NO2/c1-12(2,3)16-11(15)14(6)9-10-7-13(4,5)8-10/h10H,7-9H2,1-6H3. The lowest BCUT2D eigenvalue weighted by molar-refractivity contribution is 0.0139. The van der Waals surface area contributed by atoms with E-state index in [1.165, 1.54) is 12.8 Å². The van der Waals surface area contributed by atoms with Crippen LogP contribution in [0.4, 0.5) is 4.79 Å². The highest BCUT2D eigenvalue weighted by molar-refractivity contribution is 5.67. The van der Waals surface area contributed by atoms with E-state index in [2.05, 4.69) is 13.8 Å². The Morgan fingerprint density at radius 3 is 2.25 bits per heavy atom. The highest BCUT2D eigenvalue weighted by atomic mass is 16.6. The molecule has 1 amide bonds. The highest BCUT2D eigenvalue weighted by Crippen LogP contribution is 2.44. The van der Waals surface area contributed by atoms with Crippen LogP contribution in [0.25, 0.3) is 0 Å². The number of ether oxygens (including phenoxy) is 1. The zero-order chi connectivity index (χ0) is 12.6. The Morgan fingerprint density at radius 1 is 1.38 bits per heavy atom. The minimum absolute atomic E-state index is 0.211. The largest absolute Gasteiger partial charge is 0.444 e. The maximum absolute atomic E-state index is 11.7. The maximum atomic E-state index is 11.7. The fraction of sp³-hybridized carbons (Fsp3) is 0.923. The van der Waals surface area contributed by atoms with Crippen LogP contribution in [0, 0.1) is 11.3 Å². The third-order valence-electron chi connectivity index (χ3n) is 2.92. The smallest absolute Gasteiger partial charge is 0.410 e. The van der Waals surface area contributed by atoms with Crippen LogP contribution in [-0.4, -0.2) is 30.2 Å². The van der Waals surface area contributed by atoms with E-state index in [1.54, 1.807) is 4.90 Å². The molecular weight excluding hydrogens is 202 g/mol. The van der Waals surface area contributed by atoms with Gasteiger partial charge in [0.2, 0.25) is 0 Å². The maximum Gasteiger partial charge on any atom is 0.410 e. The first kappa shape index (κ1) is 13.3. The van der Waals surface area contributed by atoms with Gasteiger partial charge in [-0.15, -0.1) is 0 Å². The SMILES string of the molecule is CN(CC1CC(C)(C)C1)C(=O)OC(C)(C)C. The molecule has 3 heteroatoms. The van der Waals surface area contributed by atoms with Gasteiger partial charge >= 0.3 is 6.09 Å². The Balaban J connectivity index is 2.31. The number of carbonyl (C=O) groups excluding carboxylic acids is 1. The molecule has 0 aromatic rings. The summed E-state index contributed by atoms with van der Waals surface area (Å²) in [6.45, 7) is 11.0. The topological polar surface area (TPSA) is 29.5 Å². The zero-order valence-electron chi connectivity index (χ0n) is 11.5. The van der Waals surface area contributed by atoms with E-state index in [4.69, 9.17) is 4.74 Å². The van der Waals surface area contributed by atoms with E-state index >= 15 is 0 Å². The second kappa shape index (κ2) is 4.27. The minimum Gasteiger partial charge on any atom is -0.444 e. The molecular formula is C13H25NO2. The molecule has 1 fully saturated rings. The first-order chi connectivity index (χ1) is 7.09. The van der Waals surface area contributed by atoms with Gasteiger partial charge in [-0.25, -0.2) is 4.79 Å². The molecule has 0 atom stereocenters. The number of hydrogen-bond donors (Lipinski definition) is 0. The number of nitrogens with zero attached hydrogens (tertiary/aromatic N) is 1. The molecule has 0 saturated heterocycles. The van der Waals surface area contributed by atoms with Gasteiger partial charge < -0.3 is 9.64 Å². The van der Waals surface area contributed by atoms with E-state index in [1.807, 2.05) is 27.8 Å². The van der Waals surface area contributed by atoms with Gasteiger partial charge in [0, 0.05) is 13.6 Å². The summed E-state index contributed by atoms with van der Waals surface area (Å²) >= 11 is 0. The average Bonchev–Trinajstić information content (AvgIpc) is 1.97. The molecule has 0 bridgehead atoms. The van der Waals surface area contributed by atoms with E-state index in [0.29, 0.717) is 11.3 Å². The third-order valence-corrected chi connectivity index (χ3v) is 2.92. The highest BCUT2D eigenvalue weighted by Gasteiger charge is 2.37. The molecule has 0 aromatic carbocycles. The minimum atomic E-state index is -0.399. The van der Waals surface area contributed by atoms with Crippen LogP contribution in [0.5, 0.6) is 0 Å². The van der Waals surface area contributed by atoms with Crippen molar-refractivity contribution in [1.29, 1.82) is 0 Å². The monoisotopic (exact) mass is 227 g/mol. The summed E-state index contributed by atoms with van der Waals surface area (Å²) in [5.74, 6) is 0.646. The van der Waals surface area contributed by atoms with Crippen molar-refractivity contribution in [3.63, 3.8) is 0 Å². The summed E-state index contributed by atoms with van der Waals surface area (Å²) in [5, 5.41) is 0. The lowest BCUT2D eigenvalue weighted by Crippen LogP contribution is -2.42. The van der Waals surface area contributed by atoms with Crippen LogP contribution in [0.3, 0.4) is 0 Å². The van der Waals surface area contributed by atoms with E-state index in [9.17, 15) is 4.79 Å². The summed E-state index contributed by atoms with van der Waals surface area (Å²) in [7, 11) is 1.82. The Labute approximate surface area is 99.1 Å². The van der Waals surface area contributed by atoms with Gasteiger partial charge in [0.15, 0.2) is 0 Å². The molecule has 1 aliphatic rings. The number of rotatable bonds is 2. The van der Waals surface area contributed by atoms with Crippen LogP contribution >= 0.6 is 0 Å². The van der Waals surface area contributed by atoms with E-state index < -0.39 is 5.60 Å². The molecule has 1 aliphatic carbocycles. The molecule has 1 rings (SSSR count). The van der Waals surface area contributed by atoms with Gasteiger partial charge in [-0.2, -0.15) is 0 Å². The molecule has 0 heterocycles. The van der Waals surface area contributed by atoms with Crippen molar-refractivity contribution in [2.24, 2.45) is 11.3 Å². The van der Waals surface area contributed by atoms with Gasteiger partial charge in [0.1, 0.15) is 5.60 Å². The second-order valence-electron chi connectivity index (χ2n) is 6.80. The molecule has 1 saturated carbocycles. The Bertz CT molecular complexity index is 258. The predicted octanol–water partition coefficient (Wildman–Crippen LogP) is 3.29. The summed E-state index contributed by atoms with van der Waals surface area (Å²) < 4.78 is 5.31. The second-order valence-corrected chi connectivity index (χ2v) is 6.80. The summed E-state index contributed by atoms with van der Waals surface area (Å²) in [4.78, 5) is 13.4. The quantitative estimate of drug-likeness (QED) is 0.724. The third kappa shape index (κ3) is 4.03. The van der Waals surface area contributed by atoms with Crippen molar-refractivity contribution in [1.82, 2.24) is 4.90 Å². The number of amides is 1. The molecule has 0 radical (unpaired) electrons. The number of carbonyl (C=O) groups is 1. The molecule has 0 unspecified atom stereocenters. The molecule has 0 N–H and O–H groups in total. The van der Waals surface area contributed by atoms with Crippen LogP contribution in [0.1, 0.15) is 47.5 Å². The van der Waals surface area contributed by atoms with Gasteiger partial charge in [0.05, 0.1) is 0 Å². The van der Waals surface area contributed by atoms with Crippen molar-refractivity contribution >= 4 is 6.09 Å². The lowest BCUT2D eigenvalue weighted by Gasteiger charge is -2.44. The Kier molecular flexibility index (Phi) is 3.56. The van der Waals surface area contributed by atoms with Crippen molar-refractivity contribution in [3.05, 3.63) is 0 Å². The fourth-order valence-corrected chi connectivity index (χ4v) is 2.43. The predicted molar refractivity (Wildman–Crippen MR) is 65.4 cm³/mol. The van der Waals surface area contributed by atoms with Crippen LogP contribution in [-0.2, 0) is 4.74 Å². The average molecular weight is 227 g/mol. The van der Waals surface area contributed by atoms with Crippen molar-refractivity contribution < 1.29 is 9.53 Å². The van der Waals surface area contributed by atoms with E-state index in [-0.39, 0.29) is 6.09 Å². The van der Waals surface area contributed by atoms with Gasteiger partial charge in [-0.1, -0.05) is 13.8 Å². The first-order valence-corrected chi connectivity index (χ1v) is 6.03. The summed E-state index contributed by atoms with van der Waals surface area (Å²) in [6, 6.07) is 0. The zero-order valence-corrected chi connectivity index (χ0v) is 11.5. The molecule has 3 nitrogen and oxygen atoms in total. The van der Waals surface area contributed by atoms with Gasteiger partial charge in [-0.3, -0.25) is 0 Å². The van der Waals surface area contributed by atoms with Crippen LogP contribution in [0.15, 0.2) is 0 Å². The Morgan fingerprint density at radius 2 is 1.88 bits per heavy atom. The molecule has 94 valence electrons. The molecule has 0 aromatic heterocycles. The molecule has 0 spiro atoms. The van der Waals surface area contributed by atoms with Crippen LogP contribution in [0.2, 0.25) is 0 Å². The lowest BCUT2D eigenvalue weighted by atomic mass is 9.64.